The van der Waals surface area contributed by atoms with Crippen LogP contribution >= 0.6 is 11.8 Å². The van der Waals surface area contributed by atoms with E-state index in [0.29, 0.717) is 24.3 Å². The van der Waals surface area contributed by atoms with E-state index < -0.39 is 10.0 Å². The van der Waals surface area contributed by atoms with Crippen molar-refractivity contribution in [2.75, 3.05) is 31.8 Å². The summed E-state index contributed by atoms with van der Waals surface area (Å²) in [7, 11) is -2.25. The normalized spacial score (nSPS) is 15.1. The molecule has 156 valence electrons. The highest BCUT2D eigenvalue weighted by atomic mass is 32.2. The number of amides is 1. The zero-order valence-corrected chi connectivity index (χ0v) is 18.5. The Labute approximate surface area is 176 Å². The number of rotatable bonds is 6. The number of methoxy groups -OCH3 is 1. The molecular formula is C21H26N2O4S2. The summed E-state index contributed by atoms with van der Waals surface area (Å²) in [6.45, 7) is 2.88. The molecule has 0 bridgehead atoms. The third-order valence-electron chi connectivity index (χ3n) is 5.04. The molecule has 0 aliphatic carbocycles. The summed E-state index contributed by atoms with van der Waals surface area (Å²) in [5.41, 5.74) is 1.84. The summed E-state index contributed by atoms with van der Waals surface area (Å²) < 4.78 is 33.1. The number of carbonyl (C=O) groups is 1. The maximum Gasteiger partial charge on any atom is 0.255 e. The van der Waals surface area contributed by atoms with Crippen molar-refractivity contribution in [2.24, 2.45) is 0 Å². The molecule has 1 fully saturated rings. The van der Waals surface area contributed by atoms with Gasteiger partial charge in [-0.05, 0) is 61.9 Å². The molecule has 0 spiro atoms. The van der Waals surface area contributed by atoms with E-state index in [-0.39, 0.29) is 16.6 Å². The van der Waals surface area contributed by atoms with Gasteiger partial charge < -0.3 is 10.1 Å². The highest BCUT2D eigenvalue weighted by molar-refractivity contribution is 7.98. The molecule has 1 heterocycles. The Kier molecular flexibility index (Phi) is 6.87. The lowest BCUT2D eigenvalue weighted by molar-refractivity contribution is 0.102. The van der Waals surface area contributed by atoms with Crippen molar-refractivity contribution >= 4 is 33.4 Å². The summed E-state index contributed by atoms with van der Waals surface area (Å²) >= 11 is 1.56. The van der Waals surface area contributed by atoms with Crippen LogP contribution in [0.15, 0.2) is 46.2 Å². The van der Waals surface area contributed by atoms with Crippen LogP contribution in [0.1, 0.15) is 35.2 Å². The van der Waals surface area contributed by atoms with Gasteiger partial charge in [-0.15, -0.1) is 11.8 Å². The number of benzene rings is 2. The van der Waals surface area contributed by atoms with Crippen LogP contribution in [0.25, 0.3) is 0 Å². The van der Waals surface area contributed by atoms with Crippen molar-refractivity contribution < 1.29 is 17.9 Å². The van der Waals surface area contributed by atoms with Crippen molar-refractivity contribution in [3.63, 3.8) is 0 Å². The van der Waals surface area contributed by atoms with E-state index >= 15 is 0 Å². The number of hydrogen-bond donors (Lipinski definition) is 1. The van der Waals surface area contributed by atoms with Gasteiger partial charge in [0.05, 0.1) is 7.11 Å². The summed E-state index contributed by atoms with van der Waals surface area (Å²) in [5.74, 6) is -0.000907. The van der Waals surface area contributed by atoms with Gasteiger partial charge in [0.1, 0.15) is 10.6 Å². The van der Waals surface area contributed by atoms with E-state index in [1.165, 1.54) is 17.5 Å². The maximum atomic E-state index is 13.1. The Hall–Kier alpha value is -2.03. The number of hydrogen-bond acceptors (Lipinski definition) is 5. The van der Waals surface area contributed by atoms with Crippen LogP contribution in [0.4, 0.5) is 5.69 Å². The number of aryl methyl sites for hydroxylation is 1. The first-order chi connectivity index (χ1) is 13.9. The van der Waals surface area contributed by atoms with Gasteiger partial charge in [0.15, 0.2) is 0 Å². The fraction of sp³-hybridized carbons (Fsp3) is 0.381. The molecule has 0 saturated carbocycles. The monoisotopic (exact) mass is 434 g/mol. The summed E-state index contributed by atoms with van der Waals surface area (Å²) in [6, 6.07) is 10.4. The molecule has 1 aliphatic heterocycles. The van der Waals surface area contributed by atoms with Gasteiger partial charge in [0, 0.05) is 29.2 Å². The van der Waals surface area contributed by atoms with Gasteiger partial charge in [-0.2, -0.15) is 4.31 Å². The topological polar surface area (TPSA) is 75.7 Å². The first kappa shape index (κ1) is 21.7. The first-order valence-electron chi connectivity index (χ1n) is 9.51. The average molecular weight is 435 g/mol. The Morgan fingerprint density at radius 1 is 1.10 bits per heavy atom. The number of anilines is 1. The second-order valence-corrected chi connectivity index (χ2v) is 9.75. The number of sulfonamides is 1. The third kappa shape index (κ3) is 4.76. The van der Waals surface area contributed by atoms with Crippen LogP contribution in [0.5, 0.6) is 5.75 Å². The Morgan fingerprint density at radius 3 is 2.48 bits per heavy atom. The summed E-state index contributed by atoms with van der Waals surface area (Å²) in [5, 5.41) is 2.83. The van der Waals surface area contributed by atoms with Gasteiger partial charge in [-0.1, -0.05) is 12.5 Å². The molecule has 1 saturated heterocycles. The van der Waals surface area contributed by atoms with Gasteiger partial charge in [-0.3, -0.25) is 4.79 Å². The Balaban J connectivity index is 1.92. The molecule has 1 aliphatic rings. The molecule has 0 unspecified atom stereocenters. The van der Waals surface area contributed by atoms with E-state index in [9.17, 15) is 13.2 Å². The fourth-order valence-corrected chi connectivity index (χ4v) is 5.51. The van der Waals surface area contributed by atoms with E-state index in [1.807, 2.05) is 31.4 Å². The second kappa shape index (κ2) is 9.19. The zero-order chi connectivity index (χ0) is 21.0. The maximum absolute atomic E-state index is 13.1. The number of ether oxygens (including phenoxy) is 1. The summed E-state index contributed by atoms with van der Waals surface area (Å²) in [6.07, 6.45) is 4.69. The van der Waals surface area contributed by atoms with Crippen LogP contribution in [-0.4, -0.2) is 45.1 Å². The molecule has 1 N–H and O–H groups in total. The molecule has 2 aromatic rings. The minimum absolute atomic E-state index is 0.0780. The van der Waals surface area contributed by atoms with E-state index in [2.05, 4.69) is 5.32 Å². The van der Waals surface area contributed by atoms with Gasteiger partial charge >= 0.3 is 0 Å². The third-order valence-corrected chi connectivity index (χ3v) is 7.69. The predicted molar refractivity (Wildman–Crippen MR) is 117 cm³/mol. The van der Waals surface area contributed by atoms with E-state index in [4.69, 9.17) is 4.74 Å². The lowest BCUT2D eigenvalue weighted by atomic mass is 10.1. The molecule has 3 rings (SSSR count). The standard InChI is InChI=1S/C21H26N2O4S2/c1-15-7-9-17(28-3)14-18(15)21(24)22-16-8-10-19(27-2)20(13-16)29(25,26)23-11-5-4-6-12-23/h7-10,13-14H,4-6,11-12H2,1-3H3,(H,22,24). The Bertz CT molecular complexity index is 1000. The second-order valence-electron chi connectivity index (χ2n) is 6.97. The first-order valence-corrected chi connectivity index (χ1v) is 12.2. The van der Waals surface area contributed by atoms with Crippen LogP contribution < -0.4 is 10.1 Å². The van der Waals surface area contributed by atoms with Crippen LogP contribution in [0, 0.1) is 6.92 Å². The van der Waals surface area contributed by atoms with Crippen molar-refractivity contribution in [3.05, 3.63) is 47.5 Å². The molecule has 6 nitrogen and oxygen atoms in total. The van der Waals surface area contributed by atoms with Gasteiger partial charge in [0.2, 0.25) is 10.0 Å². The van der Waals surface area contributed by atoms with Crippen LogP contribution in [0.3, 0.4) is 0 Å². The highest BCUT2D eigenvalue weighted by Gasteiger charge is 2.29. The molecule has 1 amide bonds. The number of carbonyl (C=O) groups excluding carboxylic acids is 1. The average Bonchev–Trinajstić information content (AvgIpc) is 2.74. The predicted octanol–water partition coefficient (Wildman–Crippen LogP) is 4.15. The molecular weight excluding hydrogens is 408 g/mol. The minimum Gasteiger partial charge on any atom is -0.495 e. The van der Waals surface area contributed by atoms with Crippen molar-refractivity contribution in [1.82, 2.24) is 4.31 Å². The van der Waals surface area contributed by atoms with E-state index in [0.717, 1.165) is 29.7 Å². The highest BCUT2D eigenvalue weighted by Crippen LogP contribution is 2.31. The van der Waals surface area contributed by atoms with Gasteiger partial charge in [-0.25, -0.2) is 8.42 Å². The number of nitrogens with zero attached hydrogens (tertiary/aromatic N) is 1. The molecule has 0 atom stereocenters. The molecule has 29 heavy (non-hydrogen) atoms. The van der Waals surface area contributed by atoms with Crippen molar-refractivity contribution in [3.8, 4) is 5.75 Å². The van der Waals surface area contributed by atoms with Crippen LogP contribution in [0.2, 0.25) is 0 Å². The number of thioether (sulfide) groups is 1. The van der Waals surface area contributed by atoms with Crippen LogP contribution in [-0.2, 0) is 10.0 Å². The Morgan fingerprint density at radius 2 is 1.83 bits per heavy atom. The van der Waals surface area contributed by atoms with Gasteiger partial charge in [0.25, 0.3) is 5.91 Å². The lowest BCUT2D eigenvalue weighted by Crippen LogP contribution is -2.35. The molecule has 0 radical (unpaired) electrons. The number of piperidine rings is 1. The fourth-order valence-electron chi connectivity index (χ4n) is 3.37. The minimum atomic E-state index is -3.69. The largest absolute Gasteiger partial charge is 0.495 e. The SMILES string of the molecule is COc1ccc(NC(=O)c2cc(SC)ccc2C)cc1S(=O)(=O)N1CCCCC1. The molecule has 0 aromatic heterocycles. The molecule has 8 heteroatoms. The lowest BCUT2D eigenvalue weighted by Gasteiger charge is -2.26. The molecule has 2 aromatic carbocycles. The van der Waals surface area contributed by atoms with Crippen molar-refractivity contribution in [2.45, 2.75) is 36.0 Å². The smallest absolute Gasteiger partial charge is 0.255 e. The quantitative estimate of drug-likeness (QED) is 0.691. The summed E-state index contributed by atoms with van der Waals surface area (Å²) in [4.78, 5) is 13.9. The van der Waals surface area contributed by atoms with E-state index in [1.54, 1.807) is 23.9 Å². The van der Waals surface area contributed by atoms with Crippen molar-refractivity contribution in [1.29, 1.82) is 0 Å². The zero-order valence-electron chi connectivity index (χ0n) is 16.9. The number of nitrogens with one attached hydrogen (secondary N) is 1.